The molecule has 2 heteroatoms. The Balaban J connectivity index is 0.905. The zero-order chi connectivity index (χ0) is 49.1. The molecule has 10 aromatic carbocycles. The van der Waals surface area contributed by atoms with Crippen LogP contribution >= 0.6 is 0 Å². The van der Waals surface area contributed by atoms with Gasteiger partial charge in [0.25, 0.3) is 0 Å². The van der Waals surface area contributed by atoms with Crippen LogP contribution in [0.2, 0.25) is 0 Å². The number of para-hydroxylation sites is 1. The molecule has 4 fully saturated rings. The van der Waals surface area contributed by atoms with Crippen molar-refractivity contribution in [3.8, 4) is 11.1 Å². The van der Waals surface area contributed by atoms with Crippen molar-refractivity contribution in [2.24, 2.45) is 23.7 Å². The van der Waals surface area contributed by atoms with Gasteiger partial charge in [-0.05, 0) is 164 Å². The third-order valence-electron chi connectivity index (χ3n) is 18.5. The van der Waals surface area contributed by atoms with Crippen molar-refractivity contribution in [2.75, 3.05) is 4.90 Å². The van der Waals surface area contributed by atoms with E-state index in [-0.39, 0.29) is 5.41 Å². The minimum Gasteiger partial charge on any atom is -0.310 e. The largest absolute Gasteiger partial charge is 0.310 e. The molecule has 5 aliphatic carbocycles. The first-order valence-electron chi connectivity index (χ1n) is 27.2. The fraction of sp³-hybridized carbons (Fsp3) is 0.167. The lowest BCUT2D eigenvalue weighted by Gasteiger charge is -2.62. The Bertz CT molecular complexity index is 3390. The summed E-state index contributed by atoms with van der Waals surface area (Å²) in [5, 5.41) is 5.53. The van der Waals surface area contributed by atoms with Crippen molar-refractivity contribution in [1.82, 2.24) is 0 Å². The molecule has 0 aliphatic heterocycles. The third-order valence-corrected chi connectivity index (χ3v) is 23.3. The highest BCUT2D eigenvalue weighted by molar-refractivity contribution is 7.19. The molecule has 0 aromatic heterocycles. The van der Waals surface area contributed by atoms with Gasteiger partial charge in [0.1, 0.15) is 0 Å². The number of fused-ring (bicyclic) bond motifs is 2. The number of nitrogens with zero attached hydrogens (tertiary/aromatic N) is 1. The second-order valence-corrected chi connectivity index (χ2v) is 25.8. The first kappa shape index (κ1) is 44.9. The lowest BCUT2D eigenvalue weighted by atomic mass is 9.42. The summed E-state index contributed by atoms with van der Waals surface area (Å²) in [6.45, 7) is 0. The average Bonchev–Trinajstić information content (AvgIpc) is 3.58. The molecule has 4 bridgehead atoms. The zero-order valence-corrected chi connectivity index (χ0v) is 43.0. The van der Waals surface area contributed by atoms with Crippen molar-refractivity contribution in [3.63, 3.8) is 0 Å². The summed E-state index contributed by atoms with van der Waals surface area (Å²) < 4.78 is 0. The molecule has 10 aromatic rings. The van der Waals surface area contributed by atoms with Gasteiger partial charge in [0, 0.05) is 22.5 Å². The van der Waals surface area contributed by atoms with E-state index in [1.807, 2.05) is 0 Å². The van der Waals surface area contributed by atoms with Crippen molar-refractivity contribution < 1.29 is 0 Å². The van der Waals surface area contributed by atoms with Gasteiger partial charge in [-0.3, -0.25) is 0 Å². The third kappa shape index (κ3) is 7.02. The highest BCUT2D eigenvalue weighted by Gasteiger charge is 2.61. The highest BCUT2D eigenvalue weighted by Crippen LogP contribution is 2.67. The Labute approximate surface area is 438 Å². The van der Waals surface area contributed by atoms with E-state index in [1.165, 1.54) is 97.5 Å². The van der Waals surface area contributed by atoms with Crippen LogP contribution in [-0.2, 0) is 17.3 Å². The van der Waals surface area contributed by atoms with Crippen LogP contribution in [0.5, 0.6) is 0 Å². The van der Waals surface area contributed by atoms with Crippen molar-refractivity contribution in [2.45, 2.75) is 49.4 Å². The summed E-state index contributed by atoms with van der Waals surface area (Å²) in [4.78, 5) is 2.50. The van der Waals surface area contributed by atoms with Crippen LogP contribution < -0.4 is 25.6 Å². The molecule has 0 heterocycles. The number of hydrogen-bond donors (Lipinski definition) is 0. The van der Waals surface area contributed by atoms with Crippen molar-refractivity contribution in [3.05, 3.63) is 306 Å². The maximum atomic E-state index is 2.62. The number of benzene rings is 10. The van der Waals surface area contributed by atoms with Crippen molar-refractivity contribution >= 4 is 45.9 Å². The molecule has 1 spiro atoms. The second kappa shape index (κ2) is 18.3. The van der Waals surface area contributed by atoms with E-state index in [1.54, 1.807) is 5.56 Å². The molecule has 358 valence electrons. The minimum absolute atomic E-state index is 0.0723. The Morgan fingerprint density at radius 3 is 1.22 bits per heavy atom. The van der Waals surface area contributed by atoms with Crippen LogP contribution in [0.4, 0.5) is 17.1 Å². The summed E-state index contributed by atoms with van der Waals surface area (Å²) in [5.74, 6) is 3.11. The van der Waals surface area contributed by atoms with E-state index >= 15 is 0 Å². The molecule has 0 saturated heterocycles. The topological polar surface area (TPSA) is 3.24 Å². The van der Waals surface area contributed by atoms with Crippen LogP contribution in [0.3, 0.4) is 0 Å². The highest BCUT2D eigenvalue weighted by atomic mass is 28.3. The molecule has 4 saturated carbocycles. The smallest absolute Gasteiger partial charge is 0.179 e. The maximum absolute atomic E-state index is 2.63. The van der Waals surface area contributed by atoms with Crippen molar-refractivity contribution in [1.29, 1.82) is 0 Å². The van der Waals surface area contributed by atoms with E-state index in [0.717, 1.165) is 29.6 Å². The van der Waals surface area contributed by atoms with E-state index in [4.69, 9.17) is 0 Å². The van der Waals surface area contributed by atoms with Gasteiger partial charge in [0.2, 0.25) is 0 Å². The van der Waals surface area contributed by atoms with Gasteiger partial charge in [-0.25, -0.2) is 0 Å². The summed E-state index contributed by atoms with van der Waals surface area (Å²) in [7, 11) is -2.63. The van der Waals surface area contributed by atoms with Gasteiger partial charge in [0.05, 0.1) is 5.41 Å². The fourth-order valence-electron chi connectivity index (χ4n) is 15.7. The van der Waals surface area contributed by atoms with Gasteiger partial charge in [0.15, 0.2) is 8.07 Å². The minimum atomic E-state index is -2.63. The lowest BCUT2D eigenvalue weighted by Crippen LogP contribution is -2.74. The fourth-order valence-corrected chi connectivity index (χ4v) is 20.5. The normalized spacial score (nSPS) is 21.1. The number of hydrogen-bond acceptors (Lipinski definition) is 1. The number of rotatable bonds is 10. The van der Waals surface area contributed by atoms with Gasteiger partial charge < -0.3 is 4.90 Å². The van der Waals surface area contributed by atoms with Gasteiger partial charge in [-0.1, -0.05) is 237 Å². The van der Waals surface area contributed by atoms with Crippen LogP contribution in [0.25, 0.3) is 11.1 Å². The van der Waals surface area contributed by atoms with Crippen LogP contribution in [0, 0.1) is 23.7 Å². The van der Waals surface area contributed by atoms with Crippen LogP contribution in [0.1, 0.15) is 65.5 Å². The Kier molecular flexibility index (Phi) is 11.1. The molecular formula is C72H61NSi. The Morgan fingerprint density at radius 1 is 0.324 bits per heavy atom. The lowest BCUT2D eigenvalue weighted by molar-refractivity contribution is -0.0611. The summed E-state index contributed by atoms with van der Waals surface area (Å²) >= 11 is 0. The molecular weight excluding hydrogens is 907 g/mol. The summed E-state index contributed by atoms with van der Waals surface area (Å²) in [5.41, 5.74) is 14.2. The summed E-state index contributed by atoms with van der Waals surface area (Å²) in [6, 6.07) is 104. The standard InChI is InChI=1S/C72H61NSi/c1-7-21-57(22-8-1)72(58-23-9-2-10-24-58)68-44-41-63(50-56(68)51-71(69-33-19-20-34-70(69)72)59-46-52-45-53(48-59)49-60(71)47-52)73(61-25-11-3-12-26-61)62-39-35-54(36-40-62)55-37-42-67(43-38-55)74(64-27-13-4-14-28-64,65-29-15-5-16-30-65)66-31-17-6-18-32-66/h1-44,50,52-53,59-60H,45-49,51H2/t52-,53+,59+,60?,71?. The monoisotopic (exact) mass is 967 g/mol. The van der Waals surface area contributed by atoms with Gasteiger partial charge in [-0.2, -0.15) is 0 Å². The SMILES string of the molecule is c1ccc(N(c2ccc(-c3ccc([Si](c4ccccc4)(c4ccccc4)c4ccccc4)cc3)cc2)c2ccc3c(c2)CC2(c4ccccc4C3(c3ccccc3)c3ccccc3)C3C[C@H]4C[C@@H](C3)C[C@H]2C4)cc1. The summed E-state index contributed by atoms with van der Waals surface area (Å²) in [6.07, 6.45) is 7.95. The van der Waals surface area contributed by atoms with Crippen LogP contribution in [0.15, 0.2) is 273 Å². The quantitative estimate of drug-likeness (QED) is 0.0975. The predicted octanol–water partition coefficient (Wildman–Crippen LogP) is 14.8. The van der Waals surface area contributed by atoms with Gasteiger partial charge in [-0.15, -0.1) is 0 Å². The van der Waals surface area contributed by atoms with Gasteiger partial charge >= 0.3 is 0 Å². The molecule has 0 radical (unpaired) electrons. The van der Waals surface area contributed by atoms with E-state index in [0.29, 0.717) is 11.8 Å². The average molecular weight is 968 g/mol. The molecule has 0 N–H and O–H groups in total. The molecule has 15 rings (SSSR count). The predicted molar refractivity (Wildman–Crippen MR) is 311 cm³/mol. The van der Waals surface area contributed by atoms with Crippen LogP contribution in [-0.4, -0.2) is 8.07 Å². The molecule has 5 aliphatic rings. The second-order valence-electron chi connectivity index (χ2n) is 22.0. The Morgan fingerprint density at radius 2 is 0.716 bits per heavy atom. The molecule has 1 nitrogen and oxygen atoms in total. The van der Waals surface area contributed by atoms with E-state index in [9.17, 15) is 0 Å². The molecule has 0 amide bonds. The first-order valence-corrected chi connectivity index (χ1v) is 29.2. The van der Waals surface area contributed by atoms with E-state index < -0.39 is 13.5 Å². The number of anilines is 3. The molecule has 0 unspecified atom stereocenters. The van der Waals surface area contributed by atoms with E-state index in [2.05, 4.69) is 278 Å². The maximum Gasteiger partial charge on any atom is 0.179 e. The molecule has 74 heavy (non-hydrogen) atoms. The first-order chi connectivity index (χ1) is 36.6. The molecule has 0 atom stereocenters. The Hall–Kier alpha value is -7.78. The zero-order valence-electron chi connectivity index (χ0n) is 42.0.